The summed E-state index contributed by atoms with van der Waals surface area (Å²) in [5.74, 6) is 0.0854. The number of hydrogen-bond donors (Lipinski definition) is 0. The van der Waals surface area contributed by atoms with Crippen LogP contribution in [0.4, 0.5) is 9.52 Å². The molecule has 1 amide bonds. The number of para-hydroxylation sites is 1. The van der Waals surface area contributed by atoms with Gasteiger partial charge in [0.2, 0.25) is 5.76 Å². The second-order valence-electron chi connectivity index (χ2n) is 7.69. The molecule has 6 nitrogen and oxygen atoms in total. The third-order valence-corrected chi connectivity index (χ3v) is 6.38. The smallest absolute Gasteiger partial charge is 0.297 e. The lowest BCUT2D eigenvalue weighted by Crippen LogP contribution is -2.29. The summed E-state index contributed by atoms with van der Waals surface area (Å²) < 4.78 is 25.8. The van der Waals surface area contributed by atoms with E-state index in [0.29, 0.717) is 22.2 Å². The normalized spacial score (nSPS) is 15.0. The third-order valence-electron chi connectivity index (χ3n) is 5.61. The zero-order chi connectivity index (χ0) is 23.2. The number of thiazole rings is 1. The van der Waals surface area contributed by atoms with E-state index in [-0.39, 0.29) is 22.3 Å². The molecule has 2 aromatic heterocycles. The lowest BCUT2D eigenvalue weighted by Gasteiger charge is -2.23. The summed E-state index contributed by atoms with van der Waals surface area (Å²) >= 11 is 1.27. The molecule has 1 aliphatic rings. The van der Waals surface area contributed by atoms with Gasteiger partial charge in [0.15, 0.2) is 10.6 Å². The van der Waals surface area contributed by atoms with Gasteiger partial charge >= 0.3 is 0 Å². The van der Waals surface area contributed by atoms with Crippen molar-refractivity contribution in [2.24, 2.45) is 0 Å². The van der Waals surface area contributed by atoms with E-state index in [9.17, 15) is 14.0 Å². The predicted octanol–water partition coefficient (Wildman–Crippen LogP) is 5.93. The van der Waals surface area contributed by atoms with E-state index < -0.39 is 23.2 Å². The highest BCUT2D eigenvalue weighted by atomic mass is 32.1. The Kier molecular flexibility index (Phi) is 4.74. The number of halogens is 1. The molecule has 0 fully saturated rings. The molecule has 1 aliphatic heterocycles. The van der Waals surface area contributed by atoms with Gasteiger partial charge in [0.05, 0.1) is 17.0 Å². The summed E-state index contributed by atoms with van der Waals surface area (Å²) in [5, 5.41) is 2.25. The maximum Gasteiger partial charge on any atom is 0.297 e. The fourth-order valence-electron chi connectivity index (χ4n) is 4.17. The molecular formula is C26H15FN2O4S. The number of carbonyl (C=O) groups excluding carboxylic acids is 1. The quantitative estimate of drug-likeness (QED) is 0.326. The van der Waals surface area contributed by atoms with Gasteiger partial charge in [-0.1, -0.05) is 30.3 Å². The van der Waals surface area contributed by atoms with Crippen LogP contribution in [0.3, 0.4) is 0 Å². The standard InChI is InChI=1S/C26H15FN2O4S/c27-16-9-10-20-19(14-16)23(30)21-22(29(25(31)24(21)33-20)26-28-11-12-34-26)15-5-4-8-18(13-15)32-17-6-2-1-3-7-17/h1-14,22H. The molecule has 34 heavy (non-hydrogen) atoms. The van der Waals surface area contributed by atoms with Crippen molar-refractivity contribution in [2.45, 2.75) is 6.04 Å². The van der Waals surface area contributed by atoms with Crippen molar-refractivity contribution in [2.75, 3.05) is 4.90 Å². The van der Waals surface area contributed by atoms with Crippen LogP contribution in [0.25, 0.3) is 11.0 Å². The first-order valence-corrected chi connectivity index (χ1v) is 11.3. The molecule has 0 N–H and O–H groups in total. The molecule has 3 heterocycles. The van der Waals surface area contributed by atoms with E-state index in [1.54, 1.807) is 35.8 Å². The van der Waals surface area contributed by atoms with Gasteiger partial charge in [-0.05, 0) is 48.0 Å². The molecular weight excluding hydrogens is 455 g/mol. The second kappa shape index (κ2) is 7.93. The largest absolute Gasteiger partial charge is 0.457 e. The molecule has 0 saturated heterocycles. The Balaban J connectivity index is 1.55. The van der Waals surface area contributed by atoms with E-state index in [2.05, 4.69) is 4.98 Å². The summed E-state index contributed by atoms with van der Waals surface area (Å²) in [6.07, 6.45) is 1.59. The highest BCUT2D eigenvalue weighted by Crippen LogP contribution is 2.42. The minimum absolute atomic E-state index is 0.0707. The molecule has 8 heteroatoms. The Morgan fingerprint density at radius 2 is 1.79 bits per heavy atom. The van der Waals surface area contributed by atoms with Gasteiger partial charge in [0.1, 0.15) is 22.9 Å². The lowest BCUT2D eigenvalue weighted by atomic mass is 9.98. The highest BCUT2D eigenvalue weighted by Gasteiger charge is 2.44. The van der Waals surface area contributed by atoms with Gasteiger partial charge in [-0.2, -0.15) is 0 Å². The molecule has 0 bridgehead atoms. The maximum absolute atomic E-state index is 13.9. The summed E-state index contributed by atoms with van der Waals surface area (Å²) in [5.41, 5.74) is 0.482. The second-order valence-corrected chi connectivity index (χ2v) is 8.57. The topological polar surface area (TPSA) is 72.6 Å². The van der Waals surface area contributed by atoms with Gasteiger partial charge in [-0.25, -0.2) is 9.37 Å². The molecule has 1 atom stereocenters. The number of hydrogen-bond acceptors (Lipinski definition) is 6. The third kappa shape index (κ3) is 3.27. The molecule has 3 aromatic carbocycles. The van der Waals surface area contributed by atoms with Crippen LogP contribution in [0, 0.1) is 5.82 Å². The number of fused-ring (bicyclic) bond motifs is 2. The maximum atomic E-state index is 13.9. The van der Waals surface area contributed by atoms with Gasteiger partial charge in [0.25, 0.3) is 5.91 Å². The molecule has 166 valence electrons. The minimum atomic E-state index is -0.808. The van der Waals surface area contributed by atoms with Crippen LogP contribution < -0.4 is 15.1 Å². The minimum Gasteiger partial charge on any atom is -0.457 e. The molecule has 6 rings (SSSR count). The highest BCUT2D eigenvalue weighted by molar-refractivity contribution is 7.13. The first kappa shape index (κ1) is 20.3. The number of carbonyl (C=O) groups is 1. The number of nitrogens with zero attached hydrogens (tertiary/aromatic N) is 2. The fraction of sp³-hybridized carbons (Fsp3) is 0.0385. The Morgan fingerprint density at radius 1 is 0.971 bits per heavy atom. The number of amides is 1. The van der Waals surface area contributed by atoms with Crippen molar-refractivity contribution in [3.63, 3.8) is 0 Å². The molecule has 0 spiro atoms. The van der Waals surface area contributed by atoms with Gasteiger partial charge < -0.3 is 9.15 Å². The van der Waals surface area contributed by atoms with Crippen molar-refractivity contribution in [1.82, 2.24) is 4.98 Å². The van der Waals surface area contributed by atoms with Crippen LogP contribution in [0.5, 0.6) is 11.5 Å². The summed E-state index contributed by atoms with van der Waals surface area (Å²) in [6, 6.07) is 19.3. The van der Waals surface area contributed by atoms with E-state index in [0.717, 1.165) is 6.07 Å². The zero-order valence-electron chi connectivity index (χ0n) is 17.5. The monoisotopic (exact) mass is 470 g/mol. The Labute approximate surface area is 196 Å². The number of anilines is 1. The Hall–Kier alpha value is -4.30. The molecule has 1 unspecified atom stereocenters. The van der Waals surface area contributed by atoms with Gasteiger partial charge in [0, 0.05) is 11.6 Å². The van der Waals surface area contributed by atoms with Crippen LogP contribution in [-0.2, 0) is 0 Å². The van der Waals surface area contributed by atoms with Crippen LogP contribution in [0.1, 0.15) is 27.7 Å². The van der Waals surface area contributed by atoms with E-state index in [1.807, 2.05) is 30.3 Å². The summed E-state index contributed by atoms with van der Waals surface area (Å²) in [7, 11) is 0. The first-order chi connectivity index (χ1) is 16.6. The van der Waals surface area contributed by atoms with Crippen molar-refractivity contribution in [3.8, 4) is 11.5 Å². The zero-order valence-corrected chi connectivity index (χ0v) is 18.3. The first-order valence-electron chi connectivity index (χ1n) is 10.4. The van der Waals surface area contributed by atoms with Crippen LogP contribution in [-0.4, -0.2) is 10.9 Å². The van der Waals surface area contributed by atoms with Crippen molar-refractivity contribution in [3.05, 3.63) is 117 Å². The summed E-state index contributed by atoms with van der Waals surface area (Å²) in [6.45, 7) is 0. The predicted molar refractivity (Wildman–Crippen MR) is 126 cm³/mol. The number of benzene rings is 3. The number of ether oxygens (including phenoxy) is 1. The lowest BCUT2D eigenvalue weighted by molar-refractivity contribution is 0.0971. The van der Waals surface area contributed by atoms with Gasteiger partial charge in [-0.15, -0.1) is 11.3 Å². The van der Waals surface area contributed by atoms with Crippen LogP contribution in [0.2, 0.25) is 0 Å². The number of aromatic nitrogens is 1. The average molecular weight is 470 g/mol. The van der Waals surface area contributed by atoms with Crippen LogP contribution in [0.15, 0.2) is 93.6 Å². The van der Waals surface area contributed by atoms with Crippen LogP contribution >= 0.6 is 11.3 Å². The average Bonchev–Trinajstić information content (AvgIpc) is 3.47. The summed E-state index contributed by atoms with van der Waals surface area (Å²) in [4.78, 5) is 32.8. The molecule has 0 saturated carbocycles. The fourth-order valence-corrected chi connectivity index (χ4v) is 4.83. The molecule has 0 radical (unpaired) electrons. The SMILES string of the molecule is O=C1c2oc3ccc(F)cc3c(=O)c2C(c2cccc(Oc3ccccc3)c2)N1c1nccs1. The van der Waals surface area contributed by atoms with Crippen molar-refractivity contribution in [1.29, 1.82) is 0 Å². The van der Waals surface area contributed by atoms with E-state index >= 15 is 0 Å². The molecule has 0 aliphatic carbocycles. The van der Waals surface area contributed by atoms with Crippen molar-refractivity contribution < 1.29 is 18.3 Å². The molecule has 5 aromatic rings. The Bertz CT molecular complexity index is 1600. The Morgan fingerprint density at radius 3 is 2.59 bits per heavy atom. The van der Waals surface area contributed by atoms with Gasteiger partial charge in [-0.3, -0.25) is 14.5 Å². The number of rotatable bonds is 4. The van der Waals surface area contributed by atoms with E-state index in [1.165, 1.54) is 28.4 Å². The van der Waals surface area contributed by atoms with Crippen molar-refractivity contribution >= 4 is 33.3 Å². The van der Waals surface area contributed by atoms with E-state index in [4.69, 9.17) is 9.15 Å².